The van der Waals surface area contributed by atoms with E-state index in [1.54, 1.807) is 4.90 Å². The Morgan fingerprint density at radius 3 is 2.68 bits per heavy atom. The van der Waals surface area contributed by atoms with E-state index in [0.717, 1.165) is 86.8 Å². The highest BCUT2D eigenvalue weighted by Crippen LogP contribution is 2.36. The fraction of sp³-hybridized carbons (Fsp3) is 0.621. The minimum Gasteiger partial charge on any atom is -0.464 e. The summed E-state index contributed by atoms with van der Waals surface area (Å²) in [5.74, 6) is -1.57. The van der Waals surface area contributed by atoms with Crippen molar-refractivity contribution in [3.8, 4) is 5.19 Å². The Morgan fingerprint density at radius 1 is 1.18 bits per heavy atom. The predicted molar refractivity (Wildman–Crippen MR) is 143 cm³/mol. The third-order valence-electron chi connectivity index (χ3n) is 8.25. The monoisotopic (exact) mass is 545 g/mol. The molecule has 2 aliphatic heterocycles. The molecule has 1 aromatic heterocycles. The molecule has 1 aromatic carbocycles. The lowest BCUT2D eigenvalue weighted by Gasteiger charge is -2.31. The maximum atomic E-state index is 13.2. The number of ketones is 1. The third kappa shape index (κ3) is 6.25. The largest absolute Gasteiger partial charge is 0.464 e. The standard InChI is InChI=1S/C29H37F2N3O3S/c1-3-34-16-23-21(5-4-6-22(23)27(34)36)25(35)15-20-9-7-19(8-10-20)11-13-33-14-12-26-24(17-33)32-28(38-26)37-18-29(2,30)31/h4-6,19-20H,3,7-18H2,1-2H3. The molecule has 1 saturated carbocycles. The summed E-state index contributed by atoms with van der Waals surface area (Å²) >= 11 is 1.40. The minimum absolute atomic E-state index is 0.0345. The Balaban J connectivity index is 1.06. The molecule has 38 heavy (non-hydrogen) atoms. The van der Waals surface area contributed by atoms with Crippen LogP contribution in [0.3, 0.4) is 0 Å². The number of thiazole rings is 1. The third-order valence-corrected chi connectivity index (χ3v) is 9.32. The lowest BCUT2D eigenvalue weighted by molar-refractivity contribution is -0.0230. The Kier molecular flexibility index (Phi) is 8.14. The van der Waals surface area contributed by atoms with Crippen LogP contribution in [0.2, 0.25) is 0 Å². The molecular weight excluding hydrogens is 508 g/mol. The first-order valence-corrected chi connectivity index (χ1v) is 14.7. The summed E-state index contributed by atoms with van der Waals surface area (Å²) < 4.78 is 31.4. The number of Topliss-reactive ketones (excluding diaryl/α,β-unsaturated/α-hetero) is 1. The van der Waals surface area contributed by atoms with Crippen molar-refractivity contribution in [2.24, 2.45) is 11.8 Å². The summed E-state index contributed by atoms with van der Waals surface area (Å²) in [6, 6.07) is 5.57. The maximum absolute atomic E-state index is 13.2. The first-order chi connectivity index (χ1) is 18.2. The zero-order chi connectivity index (χ0) is 26.9. The van der Waals surface area contributed by atoms with Crippen molar-refractivity contribution >= 4 is 23.0 Å². The van der Waals surface area contributed by atoms with Crippen molar-refractivity contribution in [1.29, 1.82) is 0 Å². The molecule has 0 saturated heterocycles. The molecule has 1 fully saturated rings. The van der Waals surface area contributed by atoms with Crippen LogP contribution in [0.1, 0.15) is 89.2 Å². The van der Waals surface area contributed by atoms with Gasteiger partial charge in [0.25, 0.3) is 17.0 Å². The number of halogens is 2. The van der Waals surface area contributed by atoms with E-state index in [4.69, 9.17) is 4.74 Å². The van der Waals surface area contributed by atoms with E-state index in [1.807, 2.05) is 25.1 Å². The Labute approximate surface area is 227 Å². The molecular formula is C29H37F2N3O3S. The van der Waals surface area contributed by atoms with Crippen LogP contribution in [0.4, 0.5) is 8.78 Å². The SMILES string of the molecule is CCN1Cc2c(C(=O)CC3CCC(CCN4CCc5sc(OCC(C)(F)F)nc5C4)CC3)cccc2C1=O. The second-order valence-corrected chi connectivity index (χ2v) is 12.2. The molecule has 1 aliphatic carbocycles. The number of hydrogen-bond acceptors (Lipinski definition) is 6. The van der Waals surface area contributed by atoms with Crippen LogP contribution in [0.15, 0.2) is 18.2 Å². The van der Waals surface area contributed by atoms with Gasteiger partial charge in [-0.3, -0.25) is 14.5 Å². The molecule has 3 aliphatic rings. The van der Waals surface area contributed by atoms with Crippen LogP contribution in [-0.2, 0) is 19.5 Å². The summed E-state index contributed by atoms with van der Waals surface area (Å²) in [6.45, 7) is 6.10. The van der Waals surface area contributed by atoms with Gasteiger partial charge in [0.15, 0.2) is 12.4 Å². The van der Waals surface area contributed by atoms with Gasteiger partial charge in [0, 0.05) is 55.5 Å². The molecule has 0 unspecified atom stereocenters. The molecule has 206 valence electrons. The quantitative estimate of drug-likeness (QED) is 0.344. The summed E-state index contributed by atoms with van der Waals surface area (Å²) in [7, 11) is 0. The normalized spacial score (nSPS) is 21.9. The van der Waals surface area contributed by atoms with Crippen LogP contribution in [0.5, 0.6) is 5.19 Å². The summed E-state index contributed by atoms with van der Waals surface area (Å²) in [5, 5.41) is 0.348. The summed E-state index contributed by atoms with van der Waals surface area (Å²) in [5.41, 5.74) is 3.30. The van der Waals surface area contributed by atoms with Crippen molar-refractivity contribution in [3.63, 3.8) is 0 Å². The first-order valence-electron chi connectivity index (χ1n) is 13.9. The number of aromatic nitrogens is 1. The number of carbonyl (C=O) groups excluding carboxylic acids is 2. The highest BCUT2D eigenvalue weighted by Gasteiger charge is 2.31. The van der Waals surface area contributed by atoms with E-state index >= 15 is 0 Å². The van der Waals surface area contributed by atoms with Gasteiger partial charge in [0.05, 0.1) is 5.69 Å². The smallest absolute Gasteiger partial charge is 0.278 e. The van der Waals surface area contributed by atoms with Crippen LogP contribution in [0, 0.1) is 11.8 Å². The predicted octanol–water partition coefficient (Wildman–Crippen LogP) is 5.98. The first kappa shape index (κ1) is 27.2. The van der Waals surface area contributed by atoms with Gasteiger partial charge in [-0.05, 0) is 62.6 Å². The van der Waals surface area contributed by atoms with Crippen molar-refractivity contribution in [2.75, 3.05) is 26.2 Å². The van der Waals surface area contributed by atoms with Crippen molar-refractivity contribution in [1.82, 2.24) is 14.8 Å². The van der Waals surface area contributed by atoms with E-state index < -0.39 is 12.5 Å². The molecule has 9 heteroatoms. The highest BCUT2D eigenvalue weighted by molar-refractivity contribution is 7.13. The summed E-state index contributed by atoms with van der Waals surface area (Å²) in [4.78, 5) is 35.5. The number of alkyl halides is 2. The van der Waals surface area contributed by atoms with Gasteiger partial charge in [-0.15, -0.1) is 0 Å². The minimum atomic E-state index is -2.86. The molecule has 3 heterocycles. The van der Waals surface area contributed by atoms with E-state index in [2.05, 4.69) is 9.88 Å². The number of benzene rings is 1. The Bertz CT molecular complexity index is 1170. The molecule has 0 radical (unpaired) electrons. The van der Waals surface area contributed by atoms with Crippen LogP contribution >= 0.6 is 11.3 Å². The van der Waals surface area contributed by atoms with E-state index in [-0.39, 0.29) is 11.7 Å². The molecule has 0 spiro atoms. The van der Waals surface area contributed by atoms with Crippen LogP contribution < -0.4 is 4.74 Å². The van der Waals surface area contributed by atoms with Gasteiger partial charge in [0.2, 0.25) is 0 Å². The van der Waals surface area contributed by atoms with E-state index in [1.165, 1.54) is 11.3 Å². The molecule has 0 N–H and O–H groups in total. The van der Waals surface area contributed by atoms with Crippen molar-refractivity contribution in [3.05, 3.63) is 45.5 Å². The Hall–Kier alpha value is -2.39. The number of rotatable bonds is 10. The van der Waals surface area contributed by atoms with Gasteiger partial charge in [0.1, 0.15) is 0 Å². The average molecular weight is 546 g/mol. The van der Waals surface area contributed by atoms with Crippen molar-refractivity contribution in [2.45, 2.75) is 77.8 Å². The van der Waals surface area contributed by atoms with E-state index in [9.17, 15) is 18.4 Å². The molecule has 0 bridgehead atoms. The number of amides is 1. The van der Waals surface area contributed by atoms with Gasteiger partial charge in [-0.1, -0.05) is 36.3 Å². The number of ether oxygens (including phenoxy) is 1. The number of hydrogen-bond donors (Lipinski definition) is 0. The Morgan fingerprint density at radius 2 is 1.95 bits per heavy atom. The average Bonchev–Trinajstić information content (AvgIpc) is 3.46. The molecule has 5 rings (SSSR count). The number of nitrogens with zero attached hydrogens (tertiary/aromatic N) is 3. The zero-order valence-electron chi connectivity index (χ0n) is 22.3. The lowest BCUT2D eigenvalue weighted by Crippen LogP contribution is -2.32. The van der Waals surface area contributed by atoms with Gasteiger partial charge >= 0.3 is 0 Å². The second kappa shape index (κ2) is 11.4. The molecule has 2 aromatic rings. The second-order valence-electron chi connectivity index (χ2n) is 11.2. The molecule has 6 nitrogen and oxygen atoms in total. The van der Waals surface area contributed by atoms with Gasteiger partial charge in [-0.2, -0.15) is 0 Å². The summed E-state index contributed by atoms with van der Waals surface area (Å²) in [6.07, 6.45) is 7.02. The number of fused-ring (bicyclic) bond motifs is 2. The number of carbonyl (C=O) groups is 2. The van der Waals surface area contributed by atoms with Crippen LogP contribution in [-0.4, -0.2) is 58.6 Å². The lowest BCUT2D eigenvalue weighted by atomic mass is 9.77. The highest BCUT2D eigenvalue weighted by atomic mass is 32.1. The fourth-order valence-electron chi connectivity index (χ4n) is 6.04. The topological polar surface area (TPSA) is 62.7 Å². The molecule has 0 atom stereocenters. The van der Waals surface area contributed by atoms with Crippen LogP contribution in [0.25, 0.3) is 0 Å². The fourth-order valence-corrected chi connectivity index (χ4v) is 6.94. The van der Waals surface area contributed by atoms with Crippen molar-refractivity contribution < 1.29 is 23.1 Å². The molecule has 1 amide bonds. The zero-order valence-corrected chi connectivity index (χ0v) is 23.1. The van der Waals surface area contributed by atoms with E-state index in [0.29, 0.717) is 42.1 Å². The van der Waals surface area contributed by atoms with Gasteiger partial charge < -0.3 is 9.64 Å². The van der Waals surface area contributed by atoms with Gasteiger partial charge in [-0.25, -0.2) is 13.8 Å². The maximum Gasteiger partial charge on any atom is 0.278 e.